The number of carbonyl (C=O) groups is 1. The fraction of sp³-hybridized carbons (Fsp3) is 0.842. The first kappa shape index (κ1) is 21.1. The first-order valence-corrected chi connectivity index (χ1v) is 12.2. The maximum atomic E-state index is 12.6. The smallest absolute Gasteiger partial charge is 0.236 e. The molecule has 3 fully saturated rings. The summed E-state index contributed by atoms with van der Waals surface area (Å²) in [5.41, 5.74) is 0. The molecule has 0 radical (unpaired) electrons. The second-order valence-corrected chi connectivity index (χ2v) is 10.4. The number of fused-ring (bicyclic) bond motifs is 1. The highest BCUT2D eigenvalue weighted by Gasteiger charge is 2.39. The van der Waals surface area contributed by atoms with Crippen molar-refractivity contribution in [3.63, 3.8) is 0 Å². The molecule has 0 aromatic carbocycles. The fourth-order valence-corrected chi connectivity index (χ4v) is 6.25. The molecule has 1 amide bonds. The van der Waals surface area contributed by atoms with Crippen molar-refractivity contribution in [3.8, 4) is 0 Å². The van der Waals surface area contributed by atoms with Crippen LogP contribution >= 0.6 is 11.6 Å². The lowest BCUT2D eigenvalue weighted by molar-refractivity contribution is -0.131. The van der Waals surface area contributed by atoms with Gasteiger partial charge < -0.3 is 10.2 Å². The van der Waals surface area contributed by atoms with Crippen LogP contribution in [-0.2, 0) is 14.8 Å². The topological polar surface area (TPSA) is 78.5 Å². The minimum absolute atomic E-state index is 0.111. The van der Waals surface area contributed by atoms with Crippen LogP contribution in [0.2, 0.25) is 0 Å². The van der Waals surface area contributed by atoms with E-state index in [9.17, 15) is 13.2 Å². The Kier molecular flexibility index (Phi) is 7.22. The average Bonchev–Trinajstić information content (AvgIpc) is 2.68. The van der Waals surface area contributed by atoms with Gasteiger partial charge in [0.15, 0.2) is 0 Å². The number of rotatable bonds is 6. The first-order valence-electron chi connectivity index (χ1n) is 10.2. The molecule has 154 valence electrons. The number of hydrogen-bond donors (Lipinski definition) is 2. The van der Waals surface area contributed by atoms with Crippen molar-refractivity contribution in [2.45, 2.75) is 68.8 Å². The molecule has 2 saturated carbocycles. The van der Waals surface area contributed by atoms with Gasteiger partial charge in [-0.3, -0.25) is 4.79 Å². The number of likely N-dealkylation sites (tertiary alicyclic amines) is 1. The predicted octanol–water partition coefficient (Wildman–Crippen LogP) is 2.21. The van der Waals surface area contributed by atoms with Gasteiger partial charge in [0.2, 0.25) is 15.9 Å². The van der Waals surface area contributed by atoms with Gasteiger partial charge in [0.25, 0.3) is 0 Å². The Balaban J connectivity index is 1.44. The van der Waals surface area contributed by atoms with Gasteiger partial charge in [0.1, 0.15) is 0 Å². The zero-order valence-corrected chi connectivity index (χ0v) is 17.5. The first-order chi connectivity index (χ1) is 12.9. The molecule has 0 spiro atoms. The van der Waals surface area contributed by atoms with E-state index in [2.05, 4.69) is 16.6 Å². The lowest BCUT2D eigenvalue weighted by atomic mass is 9.68. The second kappa shape index (κ2) is 9.25. The molecule has 0 aromatic rings. The van der Waals surface area contributed by atoms with Crippen molar-refractivity contribution in [1.82, 2.24) is 14.9 Å². The molecule has 4 atom stereocenters. The third kappa shape index (κ3) is 5.46. The third-order valence-electron chi connectivity index (χ3n) is 6.52. The largest absolute Gasteiger partial charge is 0.341 e. The zero-order valence-electron chi connectivity index (χ0n) is 15.9. The van der Waals surface area contributed by atoms with Crippen molar-refractivity contribution in [3.05, 3.63) is 12.0 Å². The molecule has 0 bridgehead atoms. The summed E-state index contributed by atoms with van der Waals surface area (Å²) in [4.78, 5) is 14.4. The van der Waals surface area contributed by atoms with E-state index in [1.165, 1.54) is 25.7 Å². The van der Waals surface area contributed by atoms with Crippen LogP contribution in [0.5, 0.6) is 0 Å². The molecule has 8 heteroatoms. The number of amides is 1. The number of nitrogens with one attached hydrogen (secondary N) is 2. The summed E-state index contributed by atoms with van der Waals surface area (Å²) in [7, 11) is -3.41. The molecular formula is C19H32ClN3O3S. The minimum Gasteiger partial charge on any atom is -0.341 e. The van der Waals surface area contributed by atoms with E-state index in [4.69, 9.17) is 11.6 Å². The molecule has 1 saturated heterocycles. The van der Waals surface area contributed by atoms with Crippen LogP contribution in [0.15, 0.2) is 12.0 Å². The fourth-order valence-electron chi connectivity index (χ4n) is 5.01. The Morgan fingerprint density at radius 1 is 1.07 bits per heavy atom. The molecule has 4 unspecified atom stereocenters. The summed E-state index contributed by atoms with van der Waals surface area (Å²) < 4.78 is 25.8. The normalized spacial score (nSPS) is 32.7. The Hall–Kier alpha value is -0.630. The molecule has 1 aliphatic heterocycles. The van der Waals surface area contributed by atoms with E-state index in [-0.39, 0.29) is 11.9 Å². The van der Waals surface area contributed by atoms with E-state index in [1.54, 1.807) is 0 Å². The third-order valence-corrected chi connectivity index (χ3v) is 8.17. The van der Waals surface area contributed by atoms with E-state index in [0.717, 1.165) is 18.2 Å². The standard InChI is InChI=1S/C19H32ClN3O3S/c1-2-27(25,26)22-14-9-11-23(12-10-14)19(24)13-21-18-8-7-17(20)15-5-3-4-6-16(15)18/h2,14-18,21-22H,1,3-13H2. The van der Waals surface area contributed by atoms with Crippen LogP contribution in [-0.4, -0.2) is 56.3 Å². The molecule has 3 aliphatic rings. The molecule has 27 heavy (non-hydrogen) atoms. The molecule has 1 heterocycles. The lowest BCUT2D eigenvalue weighted by Gasteiger charge is -2.44. The van der Waals surface area contributed by atoms with Gasteiger partial charge in [0.05, 0.1) is 6.54 Å². The van der Waals surface area contributed by atoms with Gasteiger partial charge in [-0.25, -0.2) is 13.1 Å². The van der Waals surface area contributed by atoms with Crippen molar-refractivity contribution in [1.29, 1.82) is 0 Å². The van der Waals surface area contributed by atoms with Gasteiger partial charge in [-0.15, -0.1) is 11.6 Å². The molecule has 0 aromatic heterocycles. The predicted molar refractivity (Wildman–Crippen MR) is 108 cm³/mol. The maximum Gasteiger partial charge on any atom is 0.236 e. The Morgan fingerprint density at radius 2 is 1.74 bits per heavy atom. The SMILES string of the molecule is C=CS(=O)(=O)NC1CCN(C(=O)CNC2CCC(Cl)C3CCCCC23)CC1. The number of halogens is 1. The summed E-state index contributed by atoms with van der Waals surface area (Å²) in [5, 5.41) is 4.75. The summed E-state index contributed by atoms with van der Waals surface area (Å²) >= 11 is 6.55. The Labute approximate surface area is 168 Å². The highest BCUT2D eigenvalue weighted by Crippen LogP contribution is 2.42. The zero-order chi connectivity index (χ0) is 19.4. The van der Waals surface area contributed by atoms with Crippen LogP contribution in [0.1, 0.15) is 51.4 Å². The summed E-state index contributed by atoms with van der Waals surface area (Å²) in [5.74, 6) is 1.30. The quantitative estimate of drug-likeness (QED) is 0.649. The number of hydrogen-bond acceptors (Lipinski definition) is 4. The van der Waals surface area contributed by atoms with Gasteiger partial charge in [-0.1, -0.05) is 19.4 Å². The van der Waals surface area contributed by atoms with Gasteiger partial charge in [-0.2, -0.15) is 0 Å². The van der Waals surface area contributed by atoms with Crippen LogP contribution in [0.3, 0.4) is 0 Å². The van der Waals surface area contributed by atoms with Crippen molar-refractivity contribution >= 4 is 27.5 Å². The van der Waals surface area contributed by atoms with Gasteiger partial charge >= 0.3 is 0 Å². The summed E-state index contributed by atoms with van der Waals surface area (Å²) in [6.45, 7) is 4.85. The maximum absolute atomic E-state index is 12.6. The molecule has 3 rings (SSSR count). The number of alkyl halides is 1. The van der Waals surface area contributed by atoms with Gasteiger partial charge in [-0.05, 0) is 50.4 Å². The molecular weight excluding hydrogens is 386 g/mol. The highest BCUT2D eigenvalue weighted by atomic mass is 35.5. The number of sulfonamides is 1. The van der Waals surface area contributed by atoms with E-state index in [0.29, 0.717) is 55.7 Å². The molecule has 6 nitrogen and oxygen atoms in total. The van der Waals surface area contributed by atoms with Gasteiger partial charge in [0, 0.05) is 36.0 Å². The summed E-state index contributed by atoms with van der Waals surface area (Å²) in [6.07, 6.45) is 8.35. The lowest BCUT2D eigenvalue weighted by Crippen LogP contribution is -2.52. The van der Waals surface area contributed by atoms with E-state index < -0.39 is 10.0 Å². The molecule has 2 aliphatic carbocycles. The Bertz CT molecular complexity index is 634. The number of nitrogens with zero attached hydrogens (tertiary/aromatic N) is 1. The van der Waals surface area contributed by atoms with Crippen LogP contribution in [0.25, 0.3) is 0 Å². The Morgan fingerprint density at radius 3 is 2.41 bits per heavy atom. The van der Waals surface area contributed by atoms with Crippen molar-refractivity contribution in [2.75, 3.05) is 19.6 Å². The summed E-state index contributed by atoms with van der Waals surface area (Å²) in [6, 6.07) is 0.276. The van der Waals surface area contributed by atoms with Crippen LogP contribution in [0, 0.1) is 11.8 Å². The average molecular weight is 418 g/mol. The van der Waals surface area contributed by atoms with E-state index >= 15 is 0 Å². The number of piperidine rings is 1. The molecule has 2 N–H and O–H groups in total. The number of carbonyl (C=O) groups excluding carboxylic acids is 1. The monoisotopic (exact) mass is 417 g/mol. The van der Waals surface area contributed by atoms with Crippen LogP contribution < -0.4 is 10.0 Å². The highest BCUT2D eigenvalue weighted by molar-refractivity contribution is 7.92. The minimum atomic E-state index is -3.41. The van der Waals surface area contributed by atoms with Crippen LogP contribution in [0.4, 0.5) is 0 Å². The van der Waals surface area contributed by atoms with E-state index in [1.807, 2.05) is 4.90 Å². The second-order valence-electron chi connectivity index (χ2n) is 8.18. The van der Waals surface area contributed by atoms with Crippen molar-refractivity contribution < 1.29 is 13.2 Å². The van der Waals surface area contributed by atoms with Crippen molar-refractivity contribution in [2.24, 2.45) is 11.8 Å².